The van der Waals surface area contributed by atoms with Crippen molar-refractivity contribution in [1.82, 2.24) is 4.90 Å². The summed E-state index contributed by atoms with van der Waals surface area (Å²) in [7, 11) is 0. The highest BCUT2D eigenvalue weighted by molar-refractivity contribution is 5.98. The maximum atomic E-state index is 12.5. The van der Waals surface area contributed by atoms with Crippen LogP contribution in [0.4, 0.5) is 5.69 Å². The molecule has 0 spiro atoms. The van der Waals surface area contributed by atoms with Crippen LogP contribution in [0.15, 0.2) is 18.2 Å². The molecule has 5 heteroatoms. The molecule has 0 radical (unpaired) electrons. The summed E-state index contributed by atoms with van der Waals surface area (Å²) in [6.07, 6.45) is 1.18. The Morgan fingerprint density at radius 3 is 3.05 bits per heavy atom. The maximum Gasteiger partial charge on any atom is 0.254 e. The number of rotatable bonds is 1. The lowest BCUT2D eigenvalue weighted by Gasteiger charge is -2.33. The number of carbonyl (C=O) groups is 2. The van der Waals surface area contributed by atoms with E-state index in [1.54, 1.807) is 6.07 Å². The van der Waals surface area contributed by atoms with Crippen molar-refractivity contribution >= 4 is 17.5 Å². The fourth-order valence-electron chi connectivity index (χ4n) is 2.71. The fraction of sp³-hybridized carbons (Fsp3) is 0.467. The molecule has 2 amide bonds. The third-order valence-corrected chi connectivity index (χ3v) is 3.88. The van der Waals surface area contributed by atoms with Crippen molar-refractivity contribution in [3.63, 3.8) is 0 Å². The summed E-state index contributed by atoms with van der Waals surface area (Å²) in [5.74, 6) is 0.0823. The molecule has 2 aliphatic rings. The zero-order valence-corrected chi connectivity index (χ0v) is 11.5. The van der Waals surface area contributed by atoms with Gasteiger partial charge in [0, 0.05) is 24.2 Å². The van der Waals surface area contributed by atoms with Crippen molar-refractivity contribution in [2.45, 2.75) is 25.8 Å². The predicted octanol–water partition coefficient (Wildman–Crippen LogP) is 1.43. The molecule has 2 aliphatic heterocycles. The zero-order valence-electron chi connectivity index (χ0n) is 11.5. The molecule has 0 aliphatic carbocycles. The normalized spacial score (nSPS) is 22.1. The van der Waals surface area contributed by atoms with Crippen LogP contribution in [0.25, 0.3) is 0 Å². The molecule has 20 heavy (non-hydrogen) atoms. The van der Waals surface area contributed by atoms with Crippen LogP contribution in [-0.4, -0.2) is 42.5 Å². The first-order valence-corrected chi connectivity index (χ1v) is 6.96. The van der Waals surface area contributed by atoms with E-state index in [0.717, 1.165) is 11.3 Å². The van der Waals surface area contributed by atoms with Crippen molar-refractivity contribution in [2.24, 2.45) is 0 Å². The summed E-state index contributed by atoms with van der Waals surface area (Å²) >= 11 is 0. The lowest BCUT2D eigenvalue weighted by Crippen LogP contribution is -2.47. The van der Waals surface area contributed by atoms with Crippen molar-refractivity contribution in [3.8, 4) is 0 Å². The fourth-order valence-corrected chi connectivity index (χ4v) is 2.71. The average molecular weight is 274 g/mol. The number of nitrogens with one attached hydrogen (secondary N) is 1. The molecule has 3 rings (SSSR count). The van der Waals surface area contributed by atoms with Crippen molar-refractivity contribution in [3.05, 3.63) is 29.3 Å². The number of ether oxygens (including phenoxy) is 1. The number of nitrogens with zero attached hydrogens (tertiary/aromatic N) is 1. The maximum absolute atomic E-state index is 12.5. The molecule has 5 nitrogen and oxygen atoms in total. The van der Waals surface area contributed by atoms with Gasteiger partial charge in [-0.25, -0.2) is 0 Å². The van der Waals surface area contributed by atoms with Gasteiger partial charge in [0.25, 0.3) is 5.91 Å². The Kier molecular flexibility index (Phi) is 3.44. The van der Waals surface area contributed by atoms with Gasteiger partial charge in [0.05, 0.1) is 19.3 Å². The molecule has 0 aromatic heterocycles. The van der Waals surface area contributed by atoms with E-state index in [1.165, 1.54) is 0 Å². The molecule has 0 bridgehead atoms. The Morgan fingerprint density at radius 2 is 2.25 bits per heavy atom. The van der Waals surface area contributed by atoms with Crippen LogP contribution < -0.4 is 5.32 Å². The summed E-state index contributed by atoms with van der Waals surface area (Å²) in [4.78, 5) is 25.7. The van der Waals surface area contributed by atoms with Gasteiger partial charge < -0.3 is 15.0 Å². The summed E-state index contributed by atoms with van der Waals surface area (Å²) in [6, 6.07) is 5.62. The van der Waals surface area contributed by atoms with Crippen LogP contribution in [0, 0.1) is 0 Å². The molecule has 0 unspecified atom stereocenters. The van der Waals surface area contributed by atoms with E-state index < -0.39 is 0 Å². The van der Waals surface area contributed by atoms with Gasteiger partial charge in [-0.1, -0.05) is 0 Å². The van der Waals surface area contributed by atoms with Gasteiger partial charge in [-0.3, -0.25) is 9.59 Å². The standard InChI is InChI=1S/C15H18N2O3/c1-10-9-20-7-6-17(10)15(19)12-2-4-13-11(8-12)3-5-14(18)16-13/h2,4,8,10H,3,5-7,9H2,1H3,(H,16,18)/t10-/m1/s1. The van der Waals surface area contributed by atoms with E-state index in [4.69, 9.17) is 4.74 Å². The Morgan fingerprint density at radius 1 is 1.40 bits per heavy atom. The summed E-state index contributed by atoms with van der Waals surface area (Å²) < 4.78 is 5.36. The topological polar surface area (TPSA) is 58.6 Å². The second kappa shape index (κ2) is 5.25. The van der Waals surface area contributed by atoms with Crippen LogP contribution >= 0.6 is 0 Å². The number of benzene rings is 1. The quantitative estimate of drug-likeness (QED) is 0.843. The van der Waals surface area contributed by atoms with Gasteiger partial charge in [-0.15, -0.1) is 0 Å². The molecule has 1 N–H and O–H groups in total. The van der Waals surface area contributed by atoms with Gasteiger partial charge in [-0.05, 0) is 37.1 Å². The molecule has 2 heterocycles. The highest BCUT2D eigenvalue weighted by Crippen LogP contribution is 2.24. The second-order valence-corrected chi connectivity index (χ2v) is 5.34. The molecule has 1 aromatic rings. The minimum Gasteiger partial charge on any atom is -0.377 e. The monoisotopic (exact) mass is 274 g/mol. The summed E-state index contributed by atoms with van der Waals surface area (Å²) in [5.41, 5.74) is 2.55. The van der Waals surface area contributed by atoms with Gasteiger partial charge in [0.15, 0.2) is 0 Å². The number of carbonyl (C=O) groups excluding carboxylic acids is 2. The first kappa shape index (κ1) is 13.1. The lowest BCUT2D eigenvalue weighted by molar-refractivity contribution is -0.116. The average Bonchev–Trinajstić information content (AvgIpc) is 2.46. The SMILES string of the molecule is C[C@@H]1COCCN1C(=O)c1ccc2c(c1)CCC(=O)N2. The van der Waals surface area contributed by atoms with E-state index in [-0.39, 0.29) is 17.9 Å². The minimum atomic E-state index is 0.0402. The molecule has 1 aromatic carbocycles. The minimum absolute atomic E-state index is 0.0402. The molecule has 1 saturated heterocycles. The van der Waals surface area contributed by atoms with E-state index in [9.17, 15) is 9.59 Å². The summed E-state index contributed by atoms with van der Waals surface area (Å²) in [6.45, 7) is 3.81. The second-order valence-electron chi connectivity index (χ2n) is 5.34. The highest BCUT2D eigenvalue weighted by atomic mass is 16.5. The van der Waals surface area contributed by atoms with Crippen LogP contribution in [0.2, 0.25) is 0 Å². The van der Waals surface area contributed by atoms with E-state index in [0.29, 0.717) is 38.2 Å². The van der Waals surface area contributed by atoms with Crippen molar-refractivity contribution < 1.29 is 14.3 Å². The zero-order chi connectivity index (χ0) is 14.1. The first-order chi connectivity index (χ1) is 9.65. The highest BCUT2D eigenvalue weighted by Gasteiger charge is 2.25. The van der Waals surface area contributed by atoms with Crippen LogP contribution in [0.5, 0.6) is 0 Å². The molecular formula is C15H18N2O3. The first-order valence-electron chi connectivity index (χ1n) is 6.96. The number of anilines is 1. The van der Waals surface area contributed by atoms with Gasteiger partial charge >= 0.3 is 0 Å². The number of fused-ring (bicyclic) bond motifs is 1. The van der Waals surface area contributed by atoms with Gasteiger partial charge in [0.2, 0.25) is 5.91 Å². The largest absolute Gasteiger partial charge is 0.377 e. The number of aryl methyl sites for hydroxylation is 1. The van der Waals surface area contributed by atoms with E-state index >= 15 is 0 Å². The van der Waals surface area contributed by atoms with E-state index in [2.05, 4.69) is 5.32 Å². The third kappa shape index (κ3) is 2.41. The van der Waals surface area contributed by atoms with Gasteiger partial charge in [-0.2, -0.15) is 0 Å². The molecule has 1 fully saturated rings. The Hall–Kier alpha value is -1.88. The van der Waals surface area contributed by atoms with Crippen LogP contribution in [-0.2, 0) is 16.0 Å². The number of amides is 2. The number of hydrogen-bond acceptors (Lipinski definition) is 3. The smallest absolute Gasteiger partial charge is 0.254 e. The lowest BCUT2D eigenvalue weighted by atomic mass is 9.99. The molecule has 1 atom stereocenters. The Balaban J connectivity index is 1.83. The van der Waals surface area contributed by atoms with E-state index in [1.807, 2.05) is 24.0 Å². The number of hydrogen-bond donors (Lipinski definition) is 1. The van der Waals surface area contributed by atoms with Crippen LogP contribution in [0.3, 0.4) is 0 Å². The molecular weight excluding hydrogens is 256 g/mol. The molecule has 106 valence electrons. The van der Waals surface area contributed by atoms with Crippen molar-refractivity contribution in [2.75, 3.05) is 25.1 Å². The Labute approximate surface area is 117 Å². The number of morpholine rings is 1. The third-order valence-electron chi connectivity index (χ3n) is 3.88. The van der Waals surface area contributed by atoms with Gasteiger partial charge in [0.1, 0.15) is 0 Å². The van der Waals surface area contributed by atoms with Crippen molar-refractivity contribution in [1.29, 1.82) is 0 Å². The Bertz CT molecular complexity index is 556. The molecule has 0 saturated carbocycles. The summed E-state index contributed by atoms with van der Waals surface area (Å²) in [5, 5.41) is 2.83. The van der Waals surface area contributed by atoms with Crippen LogP contribution in [0.1, 0.15) is 29.3 Å². The predicted molar refractivity (Wildman–Crippen MR) is 74.7 cm³/mol.